The average Bonchev–Trinajstić information content (AvgIpc) is 2.99. The summed E-state index contributed by atoms with van der Waals surface area (Å²) in [6.45, 7) is 6.45. The number of phenolic OH excluding ortho intramolecular Hbond substituents is 1. The molecule has 0 amide bonds. The minimum Gasteiger partial charge on any atom is -0.506 e. The van der Waals surface area contributed by atoms with Crippen molar-refractivity contribution in [3.05, 3.63) is 52.4 Å². The molecular formula is C19H25ClN2O3. The Morgan fingerprint density at radius 1 is 1.20 bits per heavy atom. The summed E-state index contributed by atoms with van der Waals surface area (Å²) >= 11 is 6.01. The normalized spacial score (nSPS) is 19.4. The van der Waals surface area contributed by atoms with Gasteiger partial charge in [0.1, 0.15) is 17.3 Å². The smallest absolute Gasteiger partial charge is 0.134 e. The number of rotatable bonds is 6. The van der Waals surface area contributed by atoms with E-state index in [-0.39, 0.29) is 18.4 Å². The van der Waals surface area contributed by atoms with Crippen LogP contribution in [-0.4, -0.2) is 52.3 Å². The predicted octanol–water partition coefficient (Wildman–Crippen LogP) is 3.02. The maximum atomic E-state index is 9.55. The quantitative estimate of drug-likeness (QED) is 0.825. The van der Waals surface area contributed by atoms with Gasteiger partial charge in [0.25, 0.3) is 0 Å². The third kappa shape index (κ3) is 4.76. The molecule has 1 saturated heterocycles. The lowest BCUT2D eigenvalue weighted by atomic mass is 10.1. The summed E-state index contributed by atoms with van der Waals surface area (Å²) in [6.07, 6.45) is 0.743. The zero-order valence-corrected chi connectivity index (χ0v) is 15.2. The van der Waals surface area contributed by atoms with Crippen LogP contribution in [0.1, 0.15) is 23.5 Å². The maximum absolute atomic E-state index is 9.55. The summed E-state index contributed by atoms with van der Waals surface area (Å²) in [6, 6.07) is 9.66. The van der Waals surface area contributed by atoms with E-state index in [1.165, 1.54) is 0 Å². The summed E-state index contributed by atoms with van der Waals surface area (Å²) < 4.78 is 5.70. The number of hydrogen-bond donors (Lipinski definition) is 2. The van der Waals surface area contributed by atoms with E-state index in [0.717, 1.165) is 56.2 Å². The molecule has 1 aromatic heterocycles. The fourth-order valence-corrected chi connectivity index (χ4v) is 3.61. The molecule has 1 atom stereocenters. The summed E-state index contributed by atoms with van der Waals surface area (Å²) in [7, 11) is 0. The van der Waals surface area contributed by atoms with Gasteiger partial charge in [0.05, 0.1) is 11.6 Å². The summed E-state index contributed by atoms with van der Waals surface area (Å²) in [4.78, 5) is 4.75. The highest BCUT2D eigenvalue weighted by atomic mass is 35.5. The van der Waals surface area contributed by atoms with E-state index in [1.807, 2.05) is 31.2 Å². The highest BCUT2D eigenvalue weighted by Crippen LogP contribution is 2.25. The van der Waals surface area contributed by atoms with Gasteiger partial charge >= 0.3 is 0 Å². The van der Waals surface area contributed by atoms with Crippen LogP contribution >= 0.6 is 11.6 Å². The minimum atomic E-state index is 0.113. The lowest BCUT2D eigenvalue weighted by molar-refractivity contribution is 0.0454. The molecule has 3 rings (SSSR count). The Labute approximate surface area is 153 Å². The average molecular weight is 365 g/mol. The number of aryl methyl sites for hydroxylation is 1. The molecule has 25 heavy (non-hydrogen) atoms. The first kappa shape index (κ1) is 18.3. The molecule has 0 bridgehead atoms. The van der Waals surface area contributed by atoms with Crippen molar-refractivity contribution in [3.8, 4) is 5.75 Å². The van der Waals surface area contributed by atoms with Crippen LogP contribution in [-0.2, 0) is 13.1 Å². The van der Waals surface area contributed by atoms with Crippen LogP contribution in [0.4, 0.5) is 0 Å². The van der Waals surface area contributed by atoms with Gasteiger partial charge in [0, 0.05) is 38.8 Å². The lowest BCUT2D eigenvalue weighted by Crippen LogP contribution is -2.52. The van der Waals surface area contributed by atoms with Gasteiger partial charge in [0.2, 0.25) is 0 Å². The van der Waals surface area contributed by atoms with E-state index in [4.69, 9.17) is 16.0 Å². The van der Waals surface area contributed by atoms with Gasteiger partial charge in [-0.15, -0.1) is 0 Å². The molecule has 6 heteroatoms. The van der Waals surface area contributed by atoms with Crippen molar-refractivity contribution in [2.45, 2.75) is 32.5 Å². The molecule has 0 radical (unpaired) electrons. The molecule has 136 valence electrons. The van der Waals surface area contributed by atoms with Gasteiger partial charge in [0.15, 0.2) is 0 Å². The van der Waals surface area contributed by atoms with E-state index in [0.29, 0.717) is 5.02 Å². The van der Waals surface area contributed by atoms with Crippen molar-refractivity contribution in [2.24, 2.45) is 0 Å². The van der Waals surface area contributed by atoms with Crippen molar-refractivity contribution < 1.29 is 14.6 Å². The first-order valence-electron chi connectivity index (χ1n) is 8.65. The fraction of sp³-hybridized carbons (Fsp3) is 0.474. The number of phenols is 1. The molecule has 5 nitrogen and oxygen atoms in total. The van der Waals surface area contributed by atoms with Crippen LogP contribution in [0.5, 0.6) is 5.75 Å². The number of piperazine rings is 1. The number of aliphatic hydroxyl groups is 1. The second-order valence-electron chi connectivity index (χ2n) is 6.67. The Morgan fingerprint density at radius 2 is 2.04 bits per heavy atom. The highest BCUT2D eigenvalue weighted by Gasteiger charge is 2.27. The van der Waals surface area contributed by atoms with Gasteiger partial charge in [-0.1, -0.05) is 17.7 Å². The molecule has 2 N–H and O–H groups in total. The standard InChI is InChI=1S/C19H25ClN2O3/c1-14-2-4-17(25-14)13-22-8-7-21(12-16(22)6-9-23)11-15-3-5-19(24)18(20)10-15/h2-5,10,16,23-24H,6-9,11-13H2,1H3/t16-/m0/s1. The number of benzene rings is 1. The number of aliphatic hydroxyl groups excluding tert-OH is 1. The van der Waals surface area contributed by atoms with Gasteiger partial charge in [-0.2, -0.15) is 0 Å². The largest absolute Gasteiger partial charge is 0.506 e. The molecule has 0 unspecified atom stereocenters. The van der Waals surface area contributed by atoms with Crippen LogP contribution in [0.3, 0.4) is 0 Å². The lowest BCUT2D eigenvalue weighted by Gasteiger charge is -2.41. The number of aromatic hydroxyl groups is 1. The van der Waals surface area contributed by atoms with Crippen LogP contribution in [0.2, 0.25) is 5.02 Å². The highest BCUT2D eigenvalue weighted by molar-refractivity contribution is 6.32. The molecule has 2 aromatic rings. The monoisotopic (exact) mass is 364 g/mol. The number of hydrogen-bond acceptors (Lipinski definition) is 5. The van der Waals surface area contributed by atoms with Gasteiger partial charge in [-0.05, 0) is 43.2 Å². The maximum Gasteiger partial charge on any atom is 0.134 e. The third-order valence-corrected chi connectivity index (χ3v) is 5.03. The molecule has 0 aliphatic carbocycles. The molecule has 1 aliphatic rings. The fourth-order valence-electron chi connectivity index (χ4n) is 3.41. The SMILES string of the molecule is Cc1ccc(CN2CCN(Cc3ccc(O)c(Cl)c3)C[C@@H]2CCO)o1. The summed E-state index contributed by atoms with van der Waals surface area (Å²) in [5.41, 5.74) is 1.08. The Balaban J connectivity index is 1.62. The van der Waals surface area contributed by atoms with Crippen molar-refractivity contribution in [1.29, 1.82) is 0 Å². The van der Waals surface area contributed by atoms with Crippen molar-refractivity contribution in [1.82, 2.24) is 9.80 Å². The minimum absolute atomic E-state index is 0.113. The Hall–Kier alpha value is -1.53. The Kier molecular flexibility index (Phi) is 6.02. The van der Waals surface area contributed by atoms with E-state index in [1.54, 1.807) is 6.07 Å². The molecular weight excluding hydrogens is 340 g/mol. The summed E-state index contributed by atoms with van der Waals surface area (Å²) in [5, 5.41) is 19.4. The predicted molar refractivity (Wildman–Crippen MR) is 97.7 cm³/mol. The molecule has 2 heterocycles. The van der Waals surface area contributed by atoms with Crippen LogP contribution in [0, 0.1) is 6.92 Å². The van der Waals surface area contributed by atoms with E-state index < -0.39 is 0 Å². The zero-order valence-electron chi connectivity index (χ0n) is 14.5. The molecule has 1 aromatic carbocycles. The van der Waals surface area contributed by atoms with Gasteiger partial charge in [-0.3, -0.25) is 9.80 Å². The summed E-state index contributed by atoms with van der Waals surface area (Å²) in [5.74, 6) is 2.01. The molecule has 1 aliphatic heterocycles. The number of halogens is 1. The third-order valence-electron chi connectivity index (χ3n) is 4.72. The molecule has 0 saturated carbocycles. The van der Waals surface area contributed by atoms with Crippen molar-refractivity contribution >= 4 is 11.6 Å². The van der Waals surface area contributed by atoms with Gasteiger partial charge in [-0.25, -0.2) is 0 Å². The molecule has 1 fully saturated rings. The van der Waals surface area contributed by atoms with Gasteiger partial charge < -0.3 is 14.6 Å². The van der Waals surface area contributed by atoms with E-state index in [9.17, 15) is 10.2 Å². The van der Waals surface area contributed by atoms with Crippen LogP contribution in [0.15, 0.2) is 34.7 Å². The van der Waals surface area contributed by atoms with Crippen LogP contribution in [0.25, 0.3) is 0 Å². The van der Waals surface area contributed by atoms with Crippen molar-refractivity contribution in [2.75, 3.05) is 26.2 Å². The Morgan fingerprint density at radius 3 is 2.72 bits per heavy atom. The second kappa shape index (κ2) is 8.23. The second-order valence-corrected chi connectivity index (χ2v) is 7.08. The first-order chi connectivity index (χ1) is 12.0. The molecule has 0 spiro atoms. The number of furan rings is 1. The van der Waals surface area contributed by atoms with E-state index >= 15 is 0 Å². The first-order valence-corrected chi connectivity index (χ1v) is 9.03. The Bertz CT molecular complexity index is 704. The van der Waals surface area contributed by atoms with E-state index in [2.05, 4.69) is 9.80 Å². The van der Waals surface area contributed by atoms with Crippen LogP contribution < -0.4 is 0 Å². The number of nitrogens with zero attached hydrogens (tertiary/aromatic N) is 2. The zero-order chi connectivity index (χ0) is 17.8. The van der Waals surface area contributed by atoms with Crippen molar-refractivity contribution in [3.63, 3.8) is 0 Å². The topological polar surface area (TPSA) is 60.1 Å².